The molecule has 100 valence electrons. The van der Waals surface area contributed by atoms with Gasteiger partial charge < -0.3 is 15.2 Å². The molecule has 0 aliphatic heterocycles. The third-order valence-corrected chi connectivity index (χ3v) is 4.34. The highest BCUT2D eigenvalue weighted by Crippen LogP contribution is 2.51. The maximum atomic E-state index is 6.37. The Labute approximate surface area is 117 Å². The molecule has 1 aromatic carbocycles. The van der Waals surface area contributed by atoms with Crippen LogP contribution in [-0.4, -0.2) is 14.2 Å². The maximum absolute atomic E-state index is 6.37. The molecule has 0 unspecified atom stereocenters. The summed E-state index contributed by atoms with van der Waals surface area (Å²) in [5, 5.41) is 0. The Kier molecular flexibility index (Phi) is 3.60. The molecule has 0 aromatic heterocycles. The first-order valence-corrected chi connectivity index (χ1v) is 6.97. The number of ether oxygens (including phenoxy) is 2. The Morgan fingerprint density at radius 1 is 1.28 bits per heavy atom. The zero-order valence-corrected chi connectivity index (χ0v) is 12.9. The molecule has 1 aromatic rings. The Bertz CT molecular complexity index is 467. The highest BCUT2D eigenvalue weighted by molar-refractivity contribution is 9.10. The summed E-state index contributed by atoms with van der Waals surface area (Å²) in [6.07, 6.45) is 2.07. The molecule has 0 bridgehead atoms. The first-order valence-electron chi connectivity index (χ1n) is 6.18. The summed E-state index contributed by atoms with van der Waals surface area (Å²) < 4.78 is 11.8. The van der Waals surface area contributed by atoms with Crippen molar-refractivity contribution in [2.45, 2.75) is 38.1 Å². The van der Waals surface area contributed by atoms with Crippen molar-refractivity contribution in [2.75, 3.05) is 14.2 Å². The highest BCUT2D eigenvalue weighted by atomic mass is 79.9. The van der Waals surface area contributed by atoms with Crippen LogP contribution in [0, 0.1) is 0 Å². The van der Waals surface area contributed by atoms with Gasteiger partial charge in [-0.25, -0.2) is 0 Å². The van der Waals surface area contributed by atoms with E-state index >= 15 is 0 Å². The largest absolute Gasteiger partial charge is 0.493 e. The minimum atomic E-state index is -0.179. The Morgan fingerprint density at radius 2 is 1.89 bits per heavy atom. The molecule has 3 nitrogen and oxygen atoms in total. The van der Waals surface area contributed by atoms with Crippen LogP contribution < -0.4 is 15.2 Å². The third kappa shape index (κ3) is 2.12. The molecule has 0 spiro atoms. The van der Waals surface area contributed by atoms with Crippen LogP contribution in [0.25, 0.3) is 0 Å². The van der Waals surface area contributed by atoms with Gasteiger partial charge in [0.15, 0.2) is 11.5 Å². The fourth-order valence-corrected chi connectivity index (χ4v) is 3.37. The molecular weight excluding hydrogens is 294 g/mol. The topological polar surface area (TPSA) is 44.5 Å². The van der Waals surface area contributed by atoms with E-state index in [2.05, 4.69) is 29.8 Å². The van der Waals surface area contributed by atoms with Crippen LogP contribution in [0.2, 0.25) is 0 Å². The van der Waals surface area contributed by atoms with E-state index in [4.69, 9.17) is 15.2 Å². The molecular formula is C14H20BrNO2. The molecule has 1 fully saturated rings. The lowest BCUT2D eigenvalue weighted by Gasteiger charge is -2.23. The standard InChI is InChI=1S/C14H20BrNO2/c1-8(2)11-9(14(16)5-6-14)7-10(17-3)13(18-4)12(11)15/h7-8H,5-6,16H2,1-4H3. The van der Waals surface area contributed by atoms with Gasteiger partial charge in [-0.3, -0.25) is 0 Å². The summed E-state index contributed by atoms with van der Waals surface area (Å²) in [5.41, 5.74) is 8.61. The second-order valence-corrected chi connectivity index (χ2v) is 5.99. The van der Waals surface area contributed by atoms with E-state index in [1.807, 2.05) is 6.07 Å². The molecule has 2 rings (SSSR count). The van der Waals surface area contributed by atoms with E-state index in [0.717, 1.165) is 28.8 Å². The quantitative estimate of drug-likeness (QED) is 0.924. The zero-order valence-electron chi connectivity index (χ0n) is 11.3. The lowest BCUT2D eigenvalue weighted by molar-refractivity contribution is 0.351. The fourth-order valence-electron chi connectivity index (χ4n) is 2.35. The van der Waals surface area contributed by atoms with E-state index < -0.39 is 0 Å². The molecule has 0 radical (unpaired) electrons. The summed E-state index contributed by atoms with van der Waals surface area (Å²) >= 11 is 3.64. The summed E-state index contributed by atoms with van der Waals surface area (Å²) in [5.74, 6) is 1.87. The van der Waals surface area contributed by atoms with Gasteiger partial charge in [0, 0.05) is 5.54 Å². The number of halogens is 1. The van der Waals surface area contributed by atoms with Crippen LogP contribution >= 0.6 is 15.9 Å². The predicted molar refractivity (Wildman–Crippen MR) is 76.4 cm³/mol. The van der Waals surface area contributed by atoms with Gasteiger partial charge in [-0.2, -0.15) is 0 Å². The molecule has 2 N–H and O–H groups in total. The highest BCUT2D eigenvalue weighted by Gasteiger charge is 2.43. The second-order valence-electron chi connectivity index (χ2n) is 5.20. The van der Waals surface area contributed by atoms with Crippen LogP contribution in [0.15, 0.2) is 10.5 Å². The second kappa shape index (κ2) is 4.74. The van der Waals surface area contributed by atoms with Crippen molar-refractivity contribution in [3.8, 4) is 11.5 Å². The molecule has 1 saturated carbocycles. The molecule has 0 heterocycles. The molecule has 1 aliphatic carbocycles. The first kappa shape index (κ1) is 13.7. The van der Waals surface area contributed by atoms with Crippen LogP contribution in [0.5, 0.6) is 11.5 Å². The molecule has 0 amide bonds. The number of rotatable bonds is 4. The number of benzene rings is 1. The Hall–Kier alpha value is -0.740. The normalized spacial score (nSPS) is 16.8. The van der Waals surface area contributed by atoms with Crippen molar-refractivity contribution < 1.29 is 9.47 Å². The van der Waals surface area contributed by atoms with Crippen LogP contribution in [0.3, 0.4) is 0 Å². The smallest absolute Gasteiger partial charge is 0.175 e. The van der Waals surface area contributed by atoms with E-state index in [1.165, 1.54) is 11.1 Å². The first-order chi connectivity index (χ1) is 8.44. The van der Waals surface area contributed by atoms with Crippen molar-refractivity contribution >= 4 is 15.9 Å². The van der Waals surface area contributed by atoms with Crippen LogP contribution in [-0.2, 0) is 5.54 Å². The van der Waals surface area contributed by atoms with Crippen molar-refractivity contribution in [3.05, 3.63) is 21.7 Å². The Balaban J connectivity index is 2.68. The lowest BCUT2D eigenvalue weighted by Crippen LogP contribution is -2.22. The van der Waals surface area contributed by atoms with E-state index in [0.29, 0.717) is 5.92 Å². The Morgan fingerprint density at radius 3 is 2.28 bits per heavy atom. The fraction of sp³-hybridized carbons (Fsp3) is 0.571. The van der Waals surface area contributed by atoms with Gasteiger partial charge in [0.2, 0.25) is 0 Å². The maximum Gasteiger partial charge on any atom is 0.175 e. The molecule has 18 heavy (non-hydrogen) atoms. The van der Waals surface area contributed by atoms with Crippen molar-refractivity contribution in [3.63, 3.8) is 0 Å². The van der Waals surface area contributed by atoms with E-state index in [1.54, 1.807) is 14.2 Å². The van der Waals surface area contributed by atoms with Crippen molar-refractivity contribution in [2.24, 2.45) is 5.73 Å². The van der Waals surface area contributed by atoms with Crippen LogP contribution in [0.1, 0.15) is 43.7 Å². The number of hydrogen-bond acceptors (Lipinski definition) is 3. The summed E-state index contributed by atoms with van der Waals surface area (Å²) in [6, 6.07) is 2.03. The van der Waals surface area contributed by atoms with E-state index in [-0.39, 0.29) is 5.54 Å². The van der Waals surface area contributed by atoms with E-state index in [9.17, 15) is 0 Å². The van der Waals surface area contributed by atoms with Crippen molar-refractivity contribution in [1.29, 1.82) is 0 Å². The van der Waals surface area contributed by atoms with Gasteiger partial charge in [0.25, 0.3) is 0 Å². The van der Waals surface area contributed by atoms with Gasteiger partial charge >= 0.3 is 0 Å². The minimum Gasteiger partial charge on any atom is -0.493 e. The summed E-state index contributed by atoms with van der Waals surface area (Å²) in [7, 11) is 3.31. The zero-order chi connectivity index (χ0) is 13.5. The van der Waals surface area contributed by atoms with Gasteiger partial charge in [-0.15, -0.1) is 0 Å². The van der Waals surface area contributed by atoms with Gasteiger partial charge in [-0.1, -0.05) is 13.8 Å². The lowest BCUT2D eigenvalue weighted by atomic mass is 9.91. The SMILES string of the molecule is COc1cc(C2(N)CC2)c(C(C)C)c(Br)c1OC. The van der Waals surface area contributed by atoms with Gasteiger partial charge in [-0.05, 0) is 51.9 Å². The molecule has 0 saturated heterocycles. The number of hydrogen-bond donors (Lipinski definition) is 1. The summed E-state index contributed by atoms with van der Waals surface area (Å²) in [6.45, 7) is 4.34. The van der Waals surface area contributed by atoms with Crippen LogP contribution in [0.4, 0.5) is 0 Å². The van der Waals surface area contributed by atoms with Gasteiger partial charge in [0.05, 0.1) is 18.7 Å². The molecule has 1 aliphatic rings. The average Bonchev–Trinajstić information content (AvgIpc) is 3.06. The monoisotopic (exact) mass is 313 g/mol. The average molecular weight is 314 g/mol. The minimum absolute atomic E-state index is 0.179. The van der Waals surface area contributed by atoms with Gasteiger partial charge in [0.1, 0.15) is 0 Å². The third-order valence-electron chi connectivity index (χ3n) is 3.55. The van der Waals surface area contributed by atoms with Crippen molar-refractivity contribution in [1.82, 2.24) is 0 Å². The molecule has 4 heteroatoms. The number of nitrogens with two attached hydrogens (primary N) is 1. The summed E-state index contributed by atoms with van der Waals surface area (Å²) in [4.78, 5) is 0. The predicted octanol–water partition coefficient (Wildman–Crippen LogP) is 3.54. The molecule has 0 atom stereocenters. The number of methoxy groups -OCH3 is 2.